The summed E-state index contributed by atoms with van der Waals surface area (Å²) in [4.78, 5) is 5.91. The summed E-state index contributed by atoms with van der Waals surface area (Å²) in [5.74, 6) is 0. The number of aromatic nitrogens is 2. The van der Waals surface area contributed by atoms with Crippen LogP contribution in [-0.4, -0.2) is 60.4 Å². The molecule has 0 unspecified atom stereocenters. The monoisotopic (exact) mass is 244 g/mol. The van der Waals surface area contributed by atoms with Gasteiger partial charge in [-0.1, -0.05) is 0 Å². The number of likely N-dealkylation sites (N-methyl/N-ethyl adjacent to an activating group) is 1. The first-order valence-electron chi connectivity index (χ1n) is 5.06. The third-order valence-electron chi connectivity index (χ3n) is 2.84. The molecule has 1 aliphatic rings. The molecule has 0 saturated carbocycles. The van der Waals surface area contributed by atoms with Crippen molar-refractivity contribution in [3.8, 4) is 0 Å². The highest BCUT2D eigenvalue weighted by molar-refractivity contribution is 7.89. The Morgan fingerprint density at radius 1 is 1.44 bits per heavy atom. The number of sulfonamides is 1. The van der Waals surface area contributed by atoms with Crippen LogP contribution in [0.25, 0.3) is 0 Å². The average molecular weight is 244 g/mol. The normalized spacial score (nSPS) is 19.0. The number of hydrogen-bond acceptors (Lipinski definition) is 4. The van der Waals surface area contributed by atoms with Gasteiger partial charge < -0.3 is 9.47 Å². The topological polar surface area (TPSA) is 58.4 Å². The van der Waals surface area contributed by atoms with E-state index in [-0.39, 0.29) is 5.03 Å². The fourth-order valence-electron chi connectivity index (χ4n) is 1.59. The summed E-state index contributed by atoms with van der Waals surface area (Å²) >= 11 is 0. The van der Waals surface area contributed by atoms with Crippen molar-refractivity contribution in [1.82, 2.24) is 18.8 Å². The lowest BCUT2D eigenvalue weighted by Crippen LogP contribution is -2.59. The van der Waals surface area contributed by atoms with Crippen molar-refractivity contribution in [3.05, 3.63) is 12.5 Å². The van der Waals surface area contributed by atoms with Gasteiger partial charge in [0.15, 0.2) is 5.03 Å². The molecule has 0 aromatic carbocycles. The minimum atomic E-state index is -3.37. The van der Waals surface area contributed by atoms with Crippen LogP contribution in [0.2, 0.25) is 0 Å². The van der Waals surface area contributed by atoms with E-state index in [4.69, 9.17) is 0 Å². The predicted molar refractivity (Wildman–Crippen MR) is 59.4 cm³/mol. The van der Waals surface area contributed by atoms with Crippen molar-refractivity contribution in [2.24, 2.45) is 7.05 Å². The first-order chi connectivity index (χ1) is 7.41. The second-order valence-electron chi connectivity index (χ2n) is 4.32. The van der Waals surface area contributed by atoms with E-state index < -0.39 is 10.0 Å². The largest absolute Gasteiger partial charge is 0.339 e. The highest BCUT2D eigenvalue weighted by Gasteiger charge is 2.38. The minimum absolute atomic E-state index is 0.132. The van der Waals surface area contributed by atoms with Crippen LogP contribution in [-0.2, 0) is 17.1 Å². The summed E-state index contributed by atoms with van der Waals surface area (Å²) in [6, 6.07) is 0.318. The number of imidazole rings is 1. The van der Waals surface area contributed by atoms with Gasteiger partial charge in [0.25, 0.3) is 10.0 Å². The van der Waals surface area contributed by atoms with E-state index in [2.05, 4.69) is 4.98 Å². The van der Waals surface area contributed by atoms with Crippen LogP contribution in [0.3, 0.4) is 0 Å². The van der Waals surface area contributed by atoms with Crippen molar-refractivity contribution in [3.63, 3.8) is 0 Å². The van der Waals surface area contributed by atoms with E-state index in [0.717, 1.165) is 0 Å². The fraction of sp³-hybridized carbons (Fsp3) is 0.667. The van der Waals surface area contributed by atoms with Crippen molar-refractivity contribution >= 4 is 10.0 Å². The molecule has 0 N–H and O–H groups in total. The van der Waals surface area contributed by atoms with Crippen molar-refractivity contribution in [2.75, 3.05) is 27.2 Å². The van der Waals surface area contributed by atoms with Crippen LogP contribution in [0.1, 0.15) is 0 Å². The summed E-state index contributed by atoms with van der Waals surface area (Å²) in [6.45, 7) is 1.10. The van der Waals surface area contributed by atoms with E-state index >= 15 is 0 Å². The molecule has 0 aliphatic carbocycles. The Morgan fingerprint density at radius 2 is 2.06 bits per heavy atom. The minimum Gasteiger partial charge on any atom is -0.339 e. The molecule has 6 nitrogen and oxygen atoms in total. The molecule has 0 spiro atoms. The van der Waals surface area contributed by atoms with E-state index in [0.29, 0.717) is 19.1 Å². The van der Waals surface area contributed by atoms with Gasteiger partial charge in [-0.25, -0.2) is 13.4 Å². The van der Waals surface area contributed by atoms with E-state index in [9.17, 15) is 8.42 Å². The molecule has 1 aromatic heterocycles. The lowest BCUT2D eigenvalue weighted by molar-refractivity contribution is 0.133. The summed E-state index contributed by atoms with van der Waals surface area (Å²) in [7, 11) is 2.29. The molecule has 0 atom stereocenters. The van der Waals surface area contributed by atoms with Gasteiger partial charge in [0.2, 0.25) is 0 Å². The number of nitrogens with zero attached hydrogens (tertiary/aromatic N) is 4. The lowest BCUT2D eigenvalue weighted by atomic mass is 10.2. The molecular formula is C9H16N4O2S. The lowest BCUT2D eigenvalue weighted by Gasteiger charge is -2.41. The van der Waals surface area contributed by atoms with E-state index in [1.54, 1.807) is 11.6 Å². The Bertz CT molecular complexity index is 473. The number of aryl methyl sites for hydroxylation is 1. The molecule has 1 aromatic rings. The van der Waals surface area contributed by atoms with E-state index in [1.807, 2.05) is 19.0 Å². The Labute approximate surface area is 95.5 Å². The smallest absolute Gasteiger partial charge is 0.262 e. The van der Waals surface area contributed by atoms with Crippen LogP contribution in [0.15, 0.2) is 17.6 Å². The molecule has 7 heteroatoms. The molecule has 2 rings (SSSR count). The Morgan fingerprint density at radius 3 is 2.50 bits per heavy atom. The summed E-state index contributed by atoms with van der Waals surface area (Å²) in [5.41, 5.74) is 0. The van der Waals surface area contributed by atoms with Crippen LogP contribution < -0.4 is 0 Å². The van der Waals surface area contributed by atoms with Crippen LogP contribution in [0.5, 0.6) is 0 Å². The summed E-state index contributed by atoms with van der Waals surface area (Å²) in [5, 5.41) is 0.132. The van der Waals surface area contributed by atoms with Crippen molar-refractivity contribution in [2.45, 2.75) is 11.1 Å². The molecule has 1 saturated heterocycles. The third kappa shape index (κ3) is 1.85. The maximum absolute atomic E-state index is 12.0. The van der Waals surface area contributed by atoms with Gasteiger partial charge in [-0.2, -0.15) is 4.31 Å². The third-order valence-corrected chi connectivity index (χ3v) is 4.56. The highest BCUT2D eigenvalue weighted by atomic mass is 32.2. The first-order valence-corrected chi connectivity index (χ1v) is 6.50. The quantitative estimate of drug-likeness (QED) is 0.709. The van der Waals surface area contributed by atoms with Gasteiger partial charge in [0.1, 0.15) is 0 Å². The summed E-state index contributed by atoms with van der Waals surface area (Å²) in [6.07, 6.45) is 3.02. The SMILES string of the molecule is CN(C)C1CN(S(=O)(=O)c2cn(C)cn2)C1. The molecule has 0 bridgehead atoms. The first kappa shape index (κ1) is 11.6. The predicted octanol–water partition coefficient (Wildman–Crippen LogP) is -0.645. The van der Waals surface area contributed by atoms with Gasteiger partial charge in [-0.05, 0) is 14.1 Å². The second-order valence-corrected chi connectivity index (χ2v) is 6.20. The summed E-state index contributed by atoms with van der Waals surface area (Å²) < 4.78 is 27.1. The zero-order valence-electron chi connectivity index (χ0n) is 9.66. The Kier molecular flexibility index (Phi) is 2.77. The van der Waals surface area contributed by atoms with Crippen LogP contribution in [0, 0.1) is 0 Å². The van der Waals surface area contributed by atoms with Gasteiger partial charge in [-0.15, -0.1) is 0 Å². The van der Waals surface area contributed by atoms with Crippen LogP contribution >= 0.6 is 0 Å². The highest BCUT2D eigenvalue weighted by Crippen LogP contribution is 2.21. The average Bonchev–Trinajstić information content (AvgIpc) is 2.47. The van der Waals surface area contributed by atoms with Gasteiger partial charge in [-0.3, -0.25) is 0 Å². The van der Waals surface area contributed by atoms with Gasteiger partial charge in [0, 0.05) is 32.4 Å². The standard InChI is InChI=1S/C9H16N4O2S/c1-11(2)8-4-13(5-8)16(14,15)9-6-12(3)7-10-9/h6-8H,4-5H2,1-3H3. The van der Waals surface area contributed by atoms with Crippen molar-refractivity contribution in [1.29, 1.82) is 0 Å². The van der Waals surface area contributed by atoms with Gasteiger partial charge in [0.05, 0.1) is 6.33 Å². The Balaban J connectivity index is 2.11. The molecule has 1 fully saturated rings. The number of rotatable bonds is 3. The zero-order chi connectivity index (χ0) is 11.9. The number of hydrogen-bond donors (Lipinski definition) is 0. The van der Waals surface area contributed by atoms with Crippen molar-refractivity contribution < 1.29 is 8.42 Å². The molecule has 90 valence electrons. The molecule has 0 radical (unpaired) electrons. The molecule has 0 amide bonds. The molecule has 2 heterocycles. The maximum Gasteiger partial charge on any atom is 0.262 e. The van der Waals surface area contributed by atoms with E-state index in [1.165, 1.54) is 16.8 Å². The maximum atomic E-state index is 12.0. The zero-order valence-corrected chi connectivity index (χ0v) is 10.5. The van der Waals surface area contributed by atoms with Gasteiger partial charge >= 0.3 is 0 Å². The molecular weight excluding hydrogens is 228 g/mol. The molecule has 1 aliphatic heterocycles. The molecule has 16 heavy (non-hydrogen) atoms. The Hall–Kier alpha value is -0.920. The fourth-order valence-corrected chi connectivity index (χ4v) is 3.07. The second kappa shape index (κ2) is 3.83. The van der Waals surface area contributed by atoms with Crippen LogP contribution in [0.4, 0.5) is 0 Å².